The van der Waals surface area contributed by atoms with Gasteiger partial charge in [0.05, 0.1) is 28.2 Å². The SMILES string of the molecule is CC[C@H]1CC(F)(F)C(=NCC(=O)N[C@@H](Cc2cc(F)cc(F)c2)c2nc3nc(N4CC5(CN(C(=O)OC(C)(C)C)C5)C4)sc3cc2-c2cccc3c(NS(C)(=O)=O)nn(C)c23)C1=C(N)C(F)(F)F. The van der Waals surface area contributed by atoms with E-state index in [1.165, 1.54) is 22.9 Å². The first-order valence-electron chi connectivity index (χ1n) is 21.3. The van der Waals surface area contributed by atoms with Crippen LogP contribution < -0.4 is 20.7 Å². The van der Waals surface area contributed by atoms with Gasteiger partial charge in [-0.25, -0.2) is 27.0 Å². The Bertz CT molecular complexity index is 3000. The van der Waals surface area contributed by atoms with Gasteiger partial charge in [0.15, 0.2) is 16.6 Å². The average Bonchev–Trinajstić information content (AvgIpc) is 3.82. The molecular formula is C44H47F7N10O5S2. The minimum Gasteiger partial charge on any atom is -0.444 e. The first-order chi connectivity index (χ1) is 31.6. The molecule has 3 aliphatic rings. The second-order valence-corrected chi connectivity index (χ2v) is 21.3. The summed E-state index contributed by atoms with van der Waals surface area (Å²) in [6, 6.07) is 8.04. The van der Waals surface area contributed by atoms with Crippen molar-refractivity contribution >= 4 is 71.3 Å². The maximum atomic E-state index is 15.4. The molecule has 5 heterocycles. The van der Waals surface area contributed by atoms with Gasteiger partial charge < -0.3 is 25.6 Å². The number of aliphatic imine (C=N–C) groups is 1. The van der Waals surface area contributed by atoms with E-state index in [9.17, 15) is 40.0 Å². The van der Waals surface area contributed by atoms with E-state index in [1.54, 1.807) is 57.0 Å². The molecule has 1 spiro atoms. The van der Waals surface area contributed by atoms with Gasteiger partial charge in [-0.05, 0) is 69.4 Å². The zero-order valence-corrected chi connectivity index (χ0v) is 39.2. The Labute approximate surface area is 389 Å². The molecule has 2 aromatic carbocycles. The zero-order valence-electron chi connectivity index (χ0n) is 37.6. The number of rotatable bonds is 11. The minimum absolute atomic E-state index is 0.00302. The first-order valence-corrected chi connectivity index (χ1v) is 24.1. The van der Waals surface area contributed by atoms with Crippen molar-refractivity contribution < 1.29 is 53.5 Å². The van der Waals surface area contributed by atoms with Crippen molar-refractivity contribution in [2.45, 2.75) is 70.7 Å². The molecule has 0 radical (unpaired) electrons. The molecule has 0 unspecified atom stereocenters. The van der Waals surface area contributed by atoms with Crippen LogP contribution in [0, 0.1) is 23.0 Å². The molecule has 2 atom stereocenters. The van der Waals surface area contributed by atoms with E-state index in [4.69, 9.17) is 20.4 Å². The highest BCUT2D eigenvalue weighted by Crippen LogP contribution is 2.47. The van der Waals surface area contributed by atoms with Crippen LogP contribution in [0.5, 0.6) is 0 Å². The fourth-order valence-electron chi connectivity index (χ4n) is 9.13. The number of aromatic nitrogens is 4. The highest BCUT2D eigenvalue weighted by Gasteiger charge is 2.55. The van der Waals surface area contributed by atoms with E-state index in [1.807, 2.05) is 4.90 Å². The number of hydrogen-bond acceptors (Lipinski definition) is 12. The standard InChI is InChI=1S/C44H47F7N10O5S2/c1-7-23-16-43(47,48)36(32(23)35(52)44(49,50)51)53-17-31(62)54-29(13-22-11-24(45)14-25(46)12-22)33-28(26-9-8-10-27-34(26)59(5)57-37(27)58-68(6,64)65)15-30-38(55-33)56-39(67-30)60-18-42(19-60)20-61(21-42)40(63)66-41(2,3)4/h8-12,14-15,23,29H,7,13,16-21,52H2,1-6H3,(H,54,62)(H,57,58)/t23-,29-/m0/s1. The second-order valence-electron chi connectivity index (χ2n) is 18.6. The van der Waals surface area contributed by atoms with E-state index >= 15 is 8.78 Å². The third-order valence-electron chi connectivity index (χ3n) is 11.9. The molecule has 3 aromatic heterocycles. The summed E-state index contributed by atoms with van der Waals surface area (Å²) in [6.45, 7) is 7.79. The van der Waals surface area contributed by atoms with E-state index in [-0.39, 0.29) is 41.0 Å². The van der Waals surface area contributed by atoms with E-state index in [2.05, 4.69) is 20.1 Å². The quantitative estimate of drug-likeness (QED) is 0.111. The molecule has 364 valence electrons. The van der Waals surface area contributed by atoms with Crippen molar-refractivity contribution in [3.05, 3.63) is 76.6 Å². The van der Waals surface area contributed by atoms with Gasteiger partial charge in [-0.2, -0.15) is 32.0 Å². The summed E-state index contributed by atoms with van der Waals surface area (Å²) in [7, 11) is -2.23. The smallest absolute Gasteiger partial charge is 0.431 e. The van der Waals surface area contributed by atoms with Crippen molar-refractivity contribution in [2.75, 3.05) is 48.6 Å². The lowest BCUT2D eigenvalue weighted by Crippen LogP contribution is -2.73. The molecule has 2 saturated heterocycles. The molecule has 2 aliphatic heterocycles. The van der Waals surface area contributed by atoms with Crippen LogP contribution in [0.15, 0.2) is 58.7 Å². The molecule has 1 aliphatic carbocycles. The van der Waals surface area contributed by atoms with Crippen LogP contribution in [0.25, 0.3) is 32.4 Å². The van der Waals surface area contributed by atoms with Gasteiger partial charge in [0, 0.05) is 73.2 Å². The summed E-state index contributed by atoms with van der Waals surface area (Å²) in [5.41, 5.74) is 2.12. The summed E-state index contributed by atoms with van der Waals surface area (Å²) in [5.74, 6) is -8.10. The molecule has 1 saturated carbocycles. The van der Waals surface area contributed by atoms with Gasteiger partial charge in [-0.1, -0.05) is 30.4 Å². The maximum Gasteiger partial charge on any atom is 0.431 e. The number of aryl methyl sites for hydroxylation is 1. The van der Waals surface area contributed by atoms with Crippen LogP contribution in [0.1, 0.15) is 57.8 Å². The van der Waals surface area contributed by atoms with Crippen molar-refractivity contribution in [1.29, 1.82) is 0 Å². The highest BCUT2D eigenvalue weighted by molar-refractivity contribution is 7.92. The second kappa shape index (κ2) is 17.2. The number of sulfonamides is 1. The van der Waals surface area contributed by atoms with Crippen molar-refractivity contribution in [3.63, 3.8) is 0 Å². The number of nitrogens with zero attached hydrogens (tertiary/aromatic N) is 7. The Morgan fingerprint density at radius 1 is 1.03 bits per heavy atom. The molecule has 3 fully saturated rings. The van der Waals surface area contributed by atoms with Gasteiger partial charge in [0.1, 0.15) is 35.2 Å². The van der Waals surface area contributed by atoms with Crippen LogP contribution in [0.2, 0.25) is 0 Å². The lowest BCUT2D eigenvalue weighted by molar-refractivity contribution is -0.120. The van der Waals surface area contributed by atoms with Gasteiger partial charge in [-0.15, -0.1) is 0 Å². The number of ether oxygens (including phenoxy) is 1. The summed E-state index contributed by atoms with van der Waals surface area (Å²) < 4.78 is 137. The number of nitrogens with one attached hydrogen (secondary N) is 2. The van der Waals surface area contributed by atoms with Crippen LogP contribution in [0.4, 0.5) is 46.5 Å². The Hall–Kier alpha value is -6.04. The van der Waals surface area contributed by atoms with Crippen LogP contribution in [0.3, 0.4) is 0 Å². The lowest BCUT2D eigenvalue weighted by atomic mass is 9.73. The monoisotopic (exact) mass is 992 g/mol. The lowest BCUT2D eigenvalue weighted by Gasteiger charge is -2.59. The minimum atomic E-state index is -5.16. The Balaban J connectivity index is 1.21. The number of nitrogens with two attached hydrogens (primary N) is 1. The molecule has 0 bridgehead atoms. The summed E-state index contributed by atoms with van der Waals surface area (Å²) in [5, 5.41) is 8.04. The fraction of sp³-hybridized carbons (Fsp3) is 0.455. The molecule has 4 N–H and O–H groups in total. The topological polar surface area (TPSA) is 190 Å². The van der Waals surface area contributed by atoms with Gasteiger partial charge in [-0.3, -0.25) is 19.2 Å². The third-order valence-corrected chi connectivity index (χ3v) is 13.5. The van der Waals surface area contributed by atoms with Crippen molar-refractivity contribution in [2.24, 2.45) is 29.1 Å². The highest BCUT2D eigenvalue weighted by atomic mass is 32.2. The van der Waals surface area contributed by atoms with Crippen LogP contribution >= 0.6 is 11.3 Å². The number of thiazole rings is 1. The molecule has 24 heteroatoms. The first kappa shape index (κ1) is 48.4. The maximum absolute atomic E-state index is 15.4. The molecule has 8 rings (SSSR count). The number of para-hydroxylation sites is 1. The summed E-state index contributed by atoms with van der Waals surface area (Å²) in [4.78, 5) is 43.8. The van der Waals surface area contributed by atoms with Crippen molar-refractivity contribution in [1.82, 2.24) is 30.0 Å². The van der Waals surface area contributed by atoms with E-state index in [0.717, 1.165) is 18.4 Å². The number of anilines is 2. The number of halogens is 7. The number of alkyl halides is 5. The summed E-state index contributed by atoms with van der Waals surface area (Å²) in [6.07, 6.45) is -6.08. The number of benzene rings is 2. The number of likely N-dealkylation sites (tertiary alicyclic amines) is 1. The number of allylic oxidation sites excluding steroid dienone is 2. The predicted octanol–water partition coefficient (Wildman–Crippen LogP) is 7.63. The molecule has 15 nitrogen and oxygen atoms in total. The number of pyridine rings is 1. The fourth-order valence-corrected chi connectivity index (χ4v) is 10.6. The van der Waals surface area contributed by atoms with Crippen LogP contribution in [-0.4, -0.2) is 107 Å². The molecule has 2 amide bonds. The third kappa shape index (κ3) is 9.78. The number of fused-ring (bicyclic) bond motifs is 2. The number of carbonyl (C=O) groups excluding carboxylic acids is 2. The zero-order chi connectivity index (χ0) is 49.5. The van der Waals surface area contributed by atoms with E-state index in [0.29, 0.717) is 64.1 Å². The number of amides is 2. The number of hydrogen-bond donors (Lipinski definition) is 3. The van der Waals surface area contributed by atoms with Crippen LogP contribution in [-0.2, 0) is 33.0 Å². The van der Waals surface area contributed by atoms with Crippen molar-refractivity contribution in [3.8, 4) is 11.1 Å². The average molecular weight is 993 g/mol. The predicted molar refractivity (Wildman–Crippen MR) is 242 cm³/mol. The van der Waals surface area contributed by atoms with Gasteiger partial charge in [0.2, 0.25) is 15.9 Å². The molecular weight excluding hydrogens is 946 g/mol. The van der Waals surface area contributed by atoms with Gasteiger partial charge in [0.25, 0.3) is 5.92 Å². The summed E-state index contributed by atoms with van der Waals surface area (Å²) >= 11 is 1.30. The Morgan fingerprint density at radius 3 is 2.32 bits per heavy atom. The van der Waals surface area contributed by atoms with E-state index < -0.39 is 93.3 Å². The number of carbonyl (C=O) groups is 2. The largest absolute Gasteiger partial charge is 0.444 e. The molecule has 5 aromatic rings. The van der Waals surface area contributed by atoms with Gasteiger partial charge >= 0.3 is 12.3 Å². The Morgan fingerprint density at radius 2 is 1.71 bits per heavy atom. The Kier molecular flexibility index (Phi) is 12.2. The molecule has 68 heavy (non-hydrogen) atoms. The normalized spacial score (nSPS) is 19.9.